The Hall–Kier alpha value is -4.45. The van der Waals surface area contributed by atoms with Gasteiger partial charge in [-0.25, -0.2) is 4.98 Å². The van der Waals surface area contributed by atoms with Crippen LogP contribution in [0.25, 0.3) is 21.8 Å². The predicted molar refractivity (Wildman–Crippen MR) is 128 cm³/mol. The van der Waals surface area contributed by atoms with Crippen molar-refractivity contribution in [1.82, 2.24) is 15.3 Å². The molecule has 1 unspecified atom stereocenters. The van der Waals surface area contributed by atoms with Crippen LogP contribution in [0, 0.1) is 0 Å². The van der Waals surface area contributed by atoms with Crippen LogP contribution < -0.4 is 10.2 Å². The third kappa shape index (κ3) is 2.84. The minimum absolute atomic E-state index is 0.212. The Kier molecular flexibility index (Phi) is 4.10. The molecule has 2 amide bonds. The molecule has 2 aromatic heterocycles. The van der Waals surface area contributed by atoms with E-state index in [9.17, 15) is 9.59 Å². The smallest absolute Gasteiger partial charge is 0.271 e. The number of rotatable bonds is 3. The van der Waals surface area contributed by atoms with Crippen molar-refractivity contribution in [1.29, 1.82) is 0 Å². The molecule has 0 bridgehead atoms. The maximum Gasteiger partial charge on any atom is 0.271 e. The van der Waals surface area contributed by atoms with Gasteiger partial charge < -0.3 is 10.3 Å². The molecule has 6 rings (SSSR count). The number of para-hydroxylation sites is 3. The van der Waals surface area contributed by atoms with E-state index in [1.807, 2.05) is 78.9 Å². The number of amides is 2. The Bertz CT molecular complexity index is 1560. The van der Waals surface area contributed by atoms with Crippen molar-refractivity contribution in [3.05, 3.63) is 102 Å². The van der Waals surface area contributed by atoms with Crippen molar-refractivity contribution in [3.63, 3.8) is 0 Å². The Morgan fingerprint density at radius 3 is 2.48 bits per heavy atom. The molecule has 2 N–H and O–H groups in total. The molecule has 5 aromatic rings. The lowest BCUT2D eigenvalue weighted by molar-refractivity contribution is -0.122. The number of aromatic nitrogens is 2. The summed E-state index contributed by atoms with van der Waals surface area (Å²) in [4.78, 5) is 36.4. The maximum absolute atomic E-state index is 13.7. The monoisotopic (exact) mass is 432 g/mol. The minimum atomic E-state index is -1.22. The first kappa shape index (κ1) is 19.3. The highest BCUT2D eigenvalue weighted by Gasteiger charge is 2.49. The maximum atomic E-state index is 13.7. The summed E-state index contributed by atoms with van der Waals surface area (Å²) in [6, 6.07) is 26.7. The number of hydrogen-bond donors (Lipinski definition) is 2. The van der Waals surface area contributed by atoms with E-state index >= 15 is 0 Å². The number of benzene rings is 3. The third-order valence-corrected chi connectivity index (χ3v) is 6.32. The van der Waals surface area contributed by atoms with E-state index in [0.717, 1.165) is 38.7 Å². The number of fused-ring (bicyclic) bond motifs is 4. The molecule has 1 aliphatic rings. The zero-order valence-electron chi connectivity index (χ0n) is 17.9. The van der Waals surface area contributed by atoms with Crippen molar-refractivity contribution in [2.45, 2.75) is 12.5 Å². The Morgan fingerprint density at radius 1 is 0.909 bits per heavy atom. The number of anilines is 2. The molecule has 0 saturated heterocycles. The first-order valence-electron chi connectivity index (χ1n) is 10.7. The molecular formula is C27H20N4O2. The van der Waals surface area contributed by atoms with Gasteiger partial charge >= 0.3 is 0 Å². The molecule has 0 fully saturated rings. The van der Waals surface area contributed by atoms with Crippen LogP contribution in [0.4, 0.5) is 11.4 Å². The summed E-state index contributed by atoms with van der Waals surface area (Å²) in [7, 11) is 0. The normalized spacial score (nSPS) is 17.5. The lowest BCUT2D eigenvalue weighted by Gasteiger charge is -2.25. The highest BCUT2D eigenvalue weighted by molar-refractivity contribution is 6.15. The van der Waals surface area contributed by atoms with E-state index in [-0.39, 0.29) is 11.6 Å². The number of pyridine rings is 1. The van der Waals surface area contributed by atoms with Crippen LogP contribution in [0.3, 0.4) is 0 Å². The van der Waals surface area contributed by atoms with Crippen LogP contribution in [0.1, 0.15) is 23.0 Å². The van der Waals surface area contributed by atoms with Crippen LogP contribution in [0.15, 0.2) is 91.1 Å². The molecule has 1 atom stereocenters. The van der Waals surface area contributed by atoms with Gasteiger partial charge in [-0.3, -0.25) is 14.5 Å². The van der Waals surface area contributed by atoms with Crippen molar-refractivity contribution in [2.24, 2.45) is 0 Å². The number of hydrogen-bond acceptors (Lipinski definition) is 3. The molecule has 3 aromatic carbocycles. The van der Waals surface area contributed by atoms with E-state index in [0.29, 0.717) is 0 Å². The van der Waals surface area contributed by atoms with E-state index in [4.69, 9.17) is 0 Å². The minimum Gasteiger partial charge on any atom is -0.353 e. The van der Waals surface area contributed by atoms with E-state index in [1.165, 1.54) is 0 Å². The van der Waals surface area contributed by atoms with Crippen LogP contribution >= 0.6 is 0 Å². The molecule has 6 nitrogen and oxygen atoms in total. The zero-order valence-corrected chi connectivity index (χ0v) is 17.9. The van der Waals surface area contributed by atoms with Gasteiger partial charge in [0.05, 0.1) is 17.4 Å². The first-order valence-corrected chi connectivity index (χ1v) is 10.7. The molecule has 3 heterocycles. The van der Waals surface area contributed by atoms with Crippen LogP contribution in [0.5, 0.6) is 0 Å². The molecule has 0 aliphatic carbocycles. The van der Waals surface area contributed by atoms with Gasteiger partial charge in [0.15, 0.2) is 0 Å². The van der Waals surface area contributed by atoms with Crippen LogP contribution in [-0.2, 0) is 10.3 Å². The second kappa shape index (κ2) is 7.03. The Morgan fingerprint density at radius 2 is 1.64 bits per heavy atom. The number of nitrogens with one attached hydrogen (secondary N) is 2. The average Bonchev–Trinajstić information content (AvgIpc) is 3.32. The largest absolute Gasteiger partial charge is 0.353 e. The molecule has 1 aliphatic heterocycles. The number of nitrogens with zero attached hydrogens (tertiary/aromatic N) is 2. The van der Waals surface area contributed by atoms with Crippen molar-refractivity contribution < 1.29 is 9.59 Å². The second-order valence-corrected chi connectivity index (χ2v) is 8.36. The summed E-state index contributed by atoms with van der Waals surface area (Å²) in [5.41, 5.74) is 3.15. The molecule has 0 radical (unpaired) electrons. The van der Waals surface area contributed by atoms with Crippen LogP contribution in [0.2, 0.25) is 0 Å². The van der Waals surface area contributed by atoms with Gasteiger partial charge in [-0.05, 0) is 37.3 Å². The zero-order chi connectivity index (χ0) is 22.6. The quantitative estimate of drug-likeness (QED) is 0.419. The summed E-state index contributed by atoms with van der Waals surface area (Å²) < 4.78 is 0. The van der Waals surface area contributed by atoms with Gasteiger partial charge in [0.25, 0.3) is 11.8 Å². The molecule has 0 saturated carbocycles. The van der Waals surface area contributed by atoms with Gasteiger partial charge in [0.1, 0.15) is 11.2 Å². The second-order valence-electron chi connectivity index (χ2n) is 8.36. The van der Waals surface area contributed by atoms with Gasteiger partial charge in [-0.15, -0.1) is 0 Å². The molecule has 6 heteroatoms. The van der Waals surface area contributed by atoms with Crippen molar-refractivity contribution in [2.75, 3.05) is 4.90 Å². The van der Waals surface area contributed by atoms with Crippen molar-refractivity contribution in [3.8, 4) is 0 Å². The van der Waals surface area contributed by atoms with Gasteiger partial charge in [-0.1, -0.05) is 54.6 Å². The van der Waals surface area contributed by atoms with E-state index in [1.54, 1.807) is 24.1 Å². The highest BCUT2D eigenvalue weighted by atomic mass is 16.2. The third-order valence-electron chi connectivity index (χ3n) is 6.32. The lowest BCUT2D eigenvalue weighted by Crippen LogP contribution is -2.50. The molecule has 0 spiro atoms. The topological polar surface area (TPSA) is 78.1 Å². The summed E-state index contributed by atoms with van der Waals surface area (Å²) in [6.07, 6.45) is 1.66. The number of H-pyrrole nitrogens is 1. The van der Waals surface area contributed by atoms with Gasteiger partial charge in [-0.2, -0.15) is 0 Å². The van der Waals surface area contributed by atoms with E-state index in [2.05, 4.69) is 15.3 Å². The first-order chi connectivity index (χ1) is 16.1. The predicted octanol–water partition coefficient (Wildman–Crippen LogP) is 5.04. The number of aromatic amines is 1. The summed E-state index contributed by atoms with van der Waals surface area (Å²) in [5.74, 6) is -0.612. The Labute approximate surface area is 189 Å². The SMILES string of the molecule is CC1(NC(=O)c2cc3c(cn2)[nH]c2ccccc23)C(=O)N(c2ccccc2)c2ccccc21. The fraction of sp³-hybridized carbons (Fsp3) is 0.0741. The highest BCUT2D eigenvalue weighted by Crippen LogP contribution is 2.44. The summed E-state index contributed by atoms with van der Waals surface area (Å²) in [6.45, 7) is 1.75. The lowest BCUT2D eigenvalue weighted by atomic mass is 9.93. The standard InChI is InChI=1S/C27H20N4O2/c1-27(20-12-6-8-14-24(20)31(26(27)33)17-9-3-2-4-10-17)30-25(32)22-15-19-18-11-5-7-13-21(18)29-23(19)16-28-22/h2-16,29H,1H3,(H,30,32). The fourth-order valence-corrected chi connectivity index (χ4v) is 4.66. The summed E-state index contributed by atoms with van der Waals surface area (Å²) >= 11 is 0. The fourth-order valence-electron chi connectivity index (χ4n) is 4.66. The number of carbonyl (C=O) groups excluding carboxylic acids is 2. The number of carbonyl (C=O) groups is 2. The molecule has 160 valence electrons. The van der Waals surface area contributed by atoms with Crippen LogP contribution in [-0.4, -0.2) is 21.8 Å². The van der Waals surface area contributed by atoms with Crippen molar-refractivity contribution >= 4 is 45.0 Å². The molecule has 33 heavy (non-hydrogen) atoms. The van der Waals surface area contributed by atoms with Gasteiger partial charge in [0, 0.05) is 27.5 Å². The summed E-state index contributed by atoms with van der Waals surface area (Å²) in [5, 5.41) is 4.92. The van der Waals surface area contributed by atoms with Gasteiger partial charge in [0.2, 0.25) is 0 Å². The van der Waals surface area contributed by atoms with E-state index < -0.39 is 11.4 Å². The Balaban J connectivity index is 1.40. The molecular weight excluding hydrogens is 412 g/mol. The average molecular weight is 432 g/mol.